The lowest BCUT2D eigenvalue weighted by Gasteiger charge is -2.10. The van der Waals surface area contributed by atoms with Crippen molar-refractivity contribution in [2.45, 2.75) is 13.1 Å². The lowest BCUT2D eigenvalue weighted by molar-refractivity contribution is 0.802. The molecule has 0 aliphatic heterocycles. The van der Waals surface area contributed by atoms with E-state index in [1.165, 1.54) is 11.1 Å². The van der Waals surface area contributed by atoms with Crippen LogP contribution in [0, 0.1) is 0 Å². The van der Waals surface area contributed by atoms with Crippen LogP contribution >= 0.6 is 0 Å². The van der Waals surface area contributed by atoms with E-state index in [4.69, 9.17) is 4.98 Å². The lowest BCUT2D eigenvalue weighted by Crippen LogP contribution is -2.03. The average Bonchev–Trinajstić information content (AvgIpc) is 3.45. The van der Waals surface area contributed by atoms with Gasteiger partial charge in [-0.25, -0.2) is 9.97 Å². The molecule has 0 saturated carbocycles. The molecule has 0 radical (unpaired) electrons. The zero-order chi connectivity index (χ0) is 20.2. The Morgan fingerprint density at radius 2 is 1.13 bits per heavy atom. The molecule has 5 heteroatoms. The second-order valence-corrected chi connectivity index (χ2v) is 7.16. The number of benzene rings is 2. The number of hydrogen-bond donors (Lipinski definition) is 0. The third-order valence-corrected chi connectivity index (χ3v) is 5.07. The van der Waals surface area contributed by atoms with Crippen molar-refractivity contribution < 1.29 is 0 Å². The second kappa shape index (κ2) is 8.17. The summed E-state index contributed by atoms with van der Waals surface area (Å²) in [5, 5.41) is 0. The Kier molecular flexibility index (Phi) is 4.92. The van der Waals surface area contributed by atoms with E-state index in [1.807, 2.05) is 49.2 Å². The predicted molar refractivity (Wildman–Crippen MR) is 118 cm³/mol. The summed E-state index contributed by atoms with van der Waals surface area (Å²) in [5.41, 5.74) is 4.31. The Labute approximate surface area is 175 Å². The largest absolute Gasteiger partial charge is 0.327 e. The molecule has 0 bridgehead atoms. The molecule has 0 atom stereocenters. The van der Waals surface area contributed by atoms with Gasteiger partial charge in [-0.05, 0) is 23.3 Å². The highest BCUT2D eigenvalue weighted by molar-refractivity contribution is 5.59. The monoisotopic (exact) mass is 391 g/mol. The van der Waals surface area contributed by atoms with Crippen LogP contribution in [0.1, 0.15) is 11.1 Å². The Morgan fingerprint density at radius 1 is 0.567 bits per heavy atom. The minimum atomic E-state index is 0.765. The first kappa shape index (κ1) is 18.1. The SMILES string of the molecule is c1ccc(Cn2ccnc2-c2ccc(-c3nccn3Cc3ccccc3)nc2)cc1. The van der Waals surface area contributed by atoms with Gasteiger partial charge in [-0.15, -0.1) is 0 Å². The summed E-state index contributed by atoms with van der Waals surface area (Å²) in [6.07, 6.45) is 9.52. The quantitative estimate of drug-likeness (QED) is 0.413. The Balaban J connectivity index is 1.39. The van der Waals surface area contributed by atoms with Crippen LogP contribution in [0.5, 0.6) is 0 Å². The third-order valence-electron chi connectivity index (χ3n) is 5.07. The maximum Gasteiger partial charge on any atom is 0.158 e. The molecule has 0 spiro atoms. The first-order valence-electron chi connectivity index (χ1n) is 9.94. The van der Waals surface area contributed by atoms with Gasteiger partial charge in [-0.1, -0.05) is 60.7 Å². The van der Waals surface area contributed by atoms with E-state index in [9.17, 15) is 0 Å². The predicted octanol–water partition coefficient (Wildman–Crippen LogP) is 4.91. The highest BCUT2D eigenvalue weighted by Gasteiger charge is 2.11. The van der Waals surface area contributed by atoms with Crippen LogP contribution in [0.4, 0.5) is 0 Å². The number of rotatable bonds is 6. The fourth-order valence-corrected chi connectivity index (χ4v) is 3.59. The molecule has 0 aliphatic carbocycles. The molecule has 5 nitrogen and oxygen atoms in total. The minimum Gasteiger partial charge on any atom is -0.327 e. The van der Waals surface area contributed by atoms with Crippen LogP contribution in [-0.2, 0) is 13.1 Å². The van der Waals surface area contributed by atoms with Gasteiger partial charge in [0.05, 0.1) is 0 Å². The van der Waals surface area contributed by atoms with Crippen LogP contribution < -0.4 is 0 Å². The molecule has 0 unspecified atom stereocenters. The molecule has 5 rings (SSSR count). The van der Waals surface area contributed by atoms with Gasteiger partial charge >= 0.3 is 0 Å². The maximum absolute atomic E-state index is 4.69. The summed E-state index contributed by atoms with van der Waals surface area (Å²) in [5.74, 6) is 1.77. The van der Waals surface area contributed by atoms with Gasteiger partial charge in [-0.2, -0.15) is 0 Å². The minimum absolute atomic E-state index is 0.765. The van der Waals surface area contributed by atoms with Crippen molar-refractivity contribution in [1.29, 1.82) is 0 Å². The normalized spacial score (nSPS) is 10.9. The summed E-state index contributed by atoms with van der Waals surface area (Å²) in [6.45, 7) is 1.54. The number of hydrogen-bond acceptors (Lipinski definition) is 3. The van der Waals surface area contributed by atoms with Gasteiger partial charge in [0, 0.05) is 49.6 Å². The van der Waals surface area contributed by atoms with Crippen molar-refractivity contribution in [3.05, 3.63) is 115 Å². The number of imidazole rings is 2. The highest BCUT2D eigenvalue weighted by Crippen LogP contribution is 2.22. The Hall–Kier alpha value is -3.99. The summed E-state index contributed by atoms with van der Waals surface area (Å²) >= 11 is 0. The highest BCUT2D eigenvalue weighted by atomic mass is 15.1. The lowest BCUT2D eigenvalue weighted by atomic mass is 10.2. The van der Waals surface area contributed by atoms with E-state index in [-0.39, 0.29) is 0 Å². The number of nitrogens with zero attached hydrogens (tertiary/aromatic N) is 5. The first-order chi connectivity index (χ1) is 14.9. The van der Waals surface area contributed by atoms with Crippen LogP contribution in [0.2, 0.25) is 0 Å². The Morgan fingerprint density at radius 3 is 1.70 bits per heavy atom. The molecular formula is C25H21N5. The van der Waals surface area contributed by atoms with Crippen molar-refractivity contribution >= 4 is 0 Å². The van der Waals surface area contributed by atoms with Crippen LogP contribution in [0.25, 0.3) is 22.9 Å². The van der Waals surface area contributed by atoms with E-state index in [2.05, 4.69) is 73.7 Å². The molecule has 0 aliphatic rings. The van der Waals surface area contributed by atoms with Crippen molar-refractivity contribution in [1.82, 2.24) is 24.1 Å². The summed E-state index contributed by atoms with van der Waals surface area (Å²) in [6, 6.07) is 24.8. The van der Waals surface area contributed by atoms with E-state index in [0.29, 0.717) is 0 Å². The fraction of sp³-hybridized carbons (Fsp3) is 0.0800. The molecule has 3 heterocycles. The van der Waals surface area contributed by atoms with E-state index in [1.54, 1.807) is 0 Å². The third kappa shape index (κ3) is 3.78. The van der Waals surface area contributed by atoms with Crippen molar-refractivity contribution in [3.8, 4) is 22.9 Å². The van der Waals surface area contributed by atoms with E-state index in [0.717, 1.165) is 36.0 Å². The zero-order valence-corrected chi connectivity index (χ0v) is 16.5. The topological polar surface area (TPSA) is 48.5 Å². The van der Waals surface area contributed by atoms with E-state index < -0.39 is 0 Å². The van der Waals surface area contributed by atoms with Gasteiger partial charge in [0.25, 0.3) is 0 Å². The Bertz CT molecular complexity index is 1120. The fourth-order valence-electron chi connectivity index (χ4n) is 3.59. The first-order valence-corrected chi connectivity index (χ1v) is 9.94. The standard InChI is InChI=1S/C25H21N5/c1-3-7-20(8-4-1)18-29-15-13-26-24(29)22-11-12-23(28-17-22)25-27-14-16-30(25)19-21-9-5-2-6-10-21/h1-17H,18-19H2. The molecule has 0 fully saturated rings. The van der Waals surface area contributed by atoms with E-state index >= 15 is 0 Å². The summed E-state index contributed by atoms with van der Waals surface area (Å²) in [4.78, 5) is 13.8. The number of aromatic nitrogens is 5. The molecule has 30 heavy (non-hydrogen) atoms. The molecule has 0 N–H and O–H groups in total. The molecule has 0 amide bonds. The molecule has 2 aromatic carbocycles. The second-order valence-electron chi connectivity index (χ2n) is 7.16. The van der Waals surface area contributed by atoms with Crippen LogP contribution in [0.15, 0.2) is 104 Å². The maximum atomic E-state index is 4.69. The van der Waals surface area contributed by atoms with Crippen molar-refractivity contribution in [2.75, 3.05) is 0 Å². The van der Waals surface area contributed by atoms with Crippen molar-refractivity contribution in [2.24, 2.45) is 0 Å². The van der Waals surface area contributed by atoms with Crippen LogP contribution in [0.3, 0.4) is 0 Å². The summed E-state index contributed by atoms with van der Waals surface area (Å²) < 4.78 is 4.26. The summed E-state index contributed by atoms with van der Waals surface area (Å²) in [7, 11) is 0. The van der Waals surface area contributed by atoms with Gasteiger partial charge in [0.2, 0.25) is 0 Å². The molecular weight excluding hydrogens is 370 g/mol. The zero-order valence-electron chi connectivity index (χ0n) is 16.5. The molecule has 5 aromatic rings. The van der Waals surface area contributed by atoms with Crippen LogP contribution in [-0.4, -0.2) is 24.1 Å². The van der Waals surface area contributed by atoms with Gasteiger partial charge in [0.1, 0.15) is 11.5 Å². The van der Waals surface area contributed by atoms with Gasteiger partial charge < -0.3 is 9.13 Å². The van der Waals surface area contributed by atoms with Gasteiger partial charge in [-0.3, -0.25) is 4.98 Å². The number of pyridine rings is 1. The molecule has 146 valence electrons. The molecule has 0 saturated heterocycles. The van der Waals surface area contributed by atoms with Gasteiger partial charge in [0.15, 0.2) is 5.82 Å². The molecule has 3 aromatic heterocycles. The van der Waals surface area contributed by atoms with Crippen molar-refractivity contribution in [3.63, 3.8) is 0 Å². The smallest absolute Gasteiger partial charge is 0.158 e. The average molecular weight is 391 g/mol.